The standard InChI is InChI=1S/C20H30P2Si/c1-19(2,3)23(20(4,5)6,21-17-13-9-7-10-14-17)22-18-15-11-8-12-16-18/h7-16,21-22H,1-6H3. The third-order valence-corrected chi connectivity index (χ3v) is 26.2. The summed E-state index contributed by atoms with van der Waals surface area (Å²) < 4.78 is 0. The lowest BCUT2D eigenvalue weighted by Gasteiger charge is -2.52. The van der Waals surface area contributed by atoms with Crippen LogP contribution in [0, 0.1) is 0 Å². The van der Waals surface area contributed by atoms with Gasteiger partial charge in [0, 0.05) is 0 Å². The van der Waals surface area contributed by atoms with E-state index in [1.165, 1.54) is 10.6 Å². The van der Waals surface area contributed by atoms with Gasteiger partial charge in [0.05, 0.1) is 0 Å². The first kappa shape index (κ1) is 18.8. The molecule has 2 rings (SSSR count). The first-order valence-corrected chi connectivity index (χ1v) is 14.3. The van der Waals surface area contributed by atoms with E-state index in [-0.39, 0.29) is 0 Å². The predicted molar refractivity (Wildman–Crippen MR) is 114 cm³/mol. The minimum atomic E-state index is -1.62. The highest BCUT2D eigenvalue weighted by molar-refractivity contribution is 8.18. The van der Waals surface area contributed by atoms with Crippen molar-refractivity contribution < 1.29 is 0 Å². The fourth-order valence-corrected chi connectivity index (χ4v) is 20.2. The topological polar surface area (TPSA) is 0 Å². The van der Waals surface area contributed by atoms with Gasteiger partial charge in [-0.15, -0.1) is 0 Å². The molecule has 2 aromatic carbocycles. The van der Waals surface area contributed by atoms with Gasteiger partial charge >= 0.3 is 0 Å². The molecule has 0 heterocycles. The highest BCUT2D eigenvalue weighted by atomic mass is 31.6. The van der Waals surface area contributed by atoms with Gasteiger partial charge in [-0.25, -0.2) is 0 Å². The van der Waals surface area contributed by atoms with E-state index in [2.05, 4.69) is 102 Å². The Morgan fingerprint density at radius 2 is 0.870 bits per heavy atom. The second-order valence-corrected chi connectivity index (χ2v) is 21.9. The SMILES string of the molecule is CC(C)(C)[Si](Pc1ccccc1)(Pc1ccccc1)C(C)(C)C. The van der Waals surface area contributed by atoms with Crippen LogP contribution < -0.4 is 10.6 Å². The van der Waals surface area contributed by atoms with Crippen LogP contribution in [0.25, 0.3) is 0 Å². The monoisotopic (exact) mass is 360 g/mol. The Kier molecular flexibility index (Phi) is 5.88. The van der Waals surface area contributed by atoms with Gasteiger partial charge in [0.25, 0.3) is 0 Å². The van der Waals surface area contributed by atoms with Crippen LogP contribution in [0.15, 0.2) is 60.7 Å². The minimum absolute atomic E-state index is 0.369. The number of hydrogen-bond acceptors (Lipinski definition) is 0. The van der Waals surface area contributed by atoms with Crippen molar-refractivity contribution in [3.8, 4) is 0 Å². The van der Waals surface area contributed by atoms with Crippen molar-refractivity contribution in [3.05, 3.63) is 60.7 Å². The Bertz CT molecular complexity index is 552. The summed E-state index contributed by atoms with van der Waals surface area (Å²) in [5, 5.41) is 3.81. The van der Waals surface area contributed by atoms with E-state index in [0.717, 1.165) is 16.3 Å². The smallest absolute Gasteiger partial charge is 0.0960 e. The van der Waals surface area contributed by atoms with E-state index in [0.29, 0.717) is 10.1 Å². The Labute approximate surface area is 146 Å². The number of rotatable bonds is 4. The molecule has 0 radical (unpaired) electrons. The molecule has 0 bridgehead atoms. The molecule has 0 spiro atoms. The molecular weight excluding hydrogens is 330 g/mol. The van der Waals surface area contributed by atoms with Crippen molar-refractivity contribution >= 4 is 34.3 Å². The largest absolute Gasteiger partial charge is 0.121 e. The lowest BCUT2D eigenvalue weighted by Crippen LogP contribution is -2.46. The Hall–Kier alpha value is -0.483. The van der Waals surface area contributed by atoms with Crippen molar-refractivity contribution in [1.82, 2.24) is 0 Å². The second kappa shape index (κ2) is 7.18. The molecule has 0 nitrogen and oxygen atoms in total. The lowest BCUT2D eigenvalue weighted by atomic mass is 10.2. The molecule has 2 atom stereocenters. The fraction of sp³-hybridized carbons (Fsp3) is 0.400. The second-order valence-electron chi connectivity index (χ2n) is 8.23. The van der Waals surface area contributed by atoms with Gasteiger partial charge in [0.15, 0.2) is 0 Å². The molecule has 0 aromatic heterocycles. The molecule has 2 aromatic rings. The summed E-state index contributed by atoms with van der Waals surface area (Å²) in [6, 6.07) is 22.3. The maximum atomic E-state index is 2.48. The first-order valence-electron chi connectivity index (χ1n) is 8.32. The summed E-state index contributed by atoms with van der Waals surface area (Å²) in [5.74, 6) is 0. The Morgan fingerprint density at radius 3 is 1.13 bits per heavy atom. The molecule has 0 fully saturated rings. The quantitative estimate of drug-likeness (QED) is 0.461. The van der Waals surface area contributed by atoms with Crippen molar-refractivity contribution in [2.45, 2.75) is 51.6 Å². The Balaban J connectivity index is 2.51. The average Bonchev–Trinajstić information content (AvgIpc) is 2.46. The van der Waals surface area contributed by atoms with Crippen LogP contribution in [0.1, 0.15) is 41.5 Å². The minimum Gasteiger partial charge on any atom is -0.0960 e. The van der Waals surface area contributed by atoms with Crippen LogP contribution >= 0.6 is 16.3 Å². The Morgan fingerprint density at radius 1 is 0.565 bits per heavy atom. The van der Waals surface area contributed by atoms with Crippen molar-refractivity contribution in [2.75, 3.05) is 0 Å². The number of hydrogen-bond donors (Lipinski definition) is 0. The average molecular weight is 360 g/mol. The lowest BCUT2D eigenvalue weighted by molar-refractivity contribution is 0.654. The predicted octanol–water partition coefficient (Wildman–Crippen LogP) is 6.04. The van der Waals surface area contributed by atoms with Gasteiger partial charge in [-0.3, -0.25) is 0 Å². The molecule has 0 aliphatic heterocycles. The molecule has 0 aliphatic carbocycles. The van der Waals surface area contributed by atoms with E-state index in [1.54, 1.807) is 0 Å². The summed E-state index contributed by atoms with van der Waals surface area (Å²) in [5.41, 5.74) is 0. The first-order chi connectivity index (χ1) is 10.7. The molecule has 2 unspecified atom stereocenters. The molecule has 3 heteroatoms. The molecule has 23 heavy (non-hydrogen) atoms. The molecule has 124 valence electrons. The highest BCUT2D eigenvalue weighted by Crippen LogP contribution is 2.66. The van der Waals surface area contributed by atoms with Crippen LogP contribution in [-0.2, 0) is 0 Å². The van der Waals surface area contributed by atoms with Crippen LogP contribution in [0.4, 0.5) is 0 Å². The summed E-state index contributed by atoms with van der Waals surface area (Å²) in [4.78, 5) is 0. The summed E-state index contributed by atoms with van der Waals surface area (Å²) >= 11 is 0. The van der Waals surface area contributed by atoms with Crippen molar-refractivity contribution in [1.29, 1.82) is 0 Å². The molecular formula is C20H30P2Si. The maximum Gasteiger partial charge on any atom is 0.121 e. The van der Waals surface area contributed by atoms with Gasteiger partial charge in [-0.05, 0) is 20.7 Å². The van der Waals surface area contributed by atoms with Crippen LogP contribution in [0.2, 0.25) is 10.1 Å². The van der Waals surface area contributed by atoms with Crippen LogP contribution in [-0.4, -0.2) is 7.41 Å². The maximum absolute atomic E-state index is 2.48. The van der Waals surface area contributed by atoms with Crippen molar-refractivity contribution in [3.63, 3.8) is 0 Å². The van der Waals surface area contributed by atoms with Gasteiger partial charge in [-0.1, -0.05) is 118 Å². The molecule has 0 saturated heterocycles. The third kappa shape index (κ3) is 4.33. The van der Waals surface area contributed by atoms with Crippen LogP contribution in [0.5, 0.6) is 0 Å². The van der Waals surface area contributed by atoms with E-state index in [1.807, 2.05) is 0 Å². The summed E-state index contributed by atoms with van der Waals surface area (Å²) in [6.07, 6.45) is 0. The van der Waals surface area contributed by atoms with Crippen molar-refractivity contribution in [2.24, 2.45) is 0 Å². The molecule has 0 saturated carbocycles. The van der Waals surface area contributed by atoms with Gasteiger partial charge in [0.2, 0.25) is 0 Å². The highest BCUT2D eigenvalue weighted by Gasteiger charge is 2.52. The fourth-order valence-electron chi connectivity index (χ4n) is 3.38. The van der Waals surface area contributed by atoms with Gasteiger partial charge in [-0.2, -0.15) is 0 Å². The zero-order chi connectivity index (χ0) is 17.1. The molecule has 0 amide bonds. The van der Waals surface area contributed by atoms with Gasteiger partial charge in [0.1, 0.15) is 7.41 Å². The normalized spacial score (nSPS) is 14.2. The van der Waals surface area contributed by atoms with E-state index < -0.39 is 7.41 Å². The van der Waals surface area contributed by atoms with Gasteiger partial charge < -0.3 is 0 Å². The van der Waals surface area contributed by atoms with Crippen LogP contribution in [0.3, 0.4) is 0 Å². The van der Waals surface area contributed by atoms with E-state index in [4.69, 9.17) is 0 Å². The zero-order valence-corrected chi connectivity index (χ0v) is 18.3. The summed E-state index contributed by atoms with van der Waals surface area (Å²) in [6.45, 7) is 14.9. The van der Waals surface area contributed by atoms with E-state index >= 15 is 0 Å². The third-order valence-electron chi connectivity index (χ3n) is 4.46. The number of benzene rings is 2. The molecule has 0 N–H and O–H groups in total. The summed E-state index contributed by atoms with van der Waals surface area (Å²) in [7, 11) is 0.266. The molecule has 0 aliphatic rings. The van der Waals surface area contributed by atoms with E-state index in [9.17, 15) is 0 Å². The zero-order valence-electron chi connectivity index (χ0n) is 15.3.